The van der Waals surface area contributed by atoms with Crippen LogP contribution in [0, 0.1) is 0 Å². The molecule has 0 spiro atoms. The molecule has 0 aromatic heterocycles. The highest BCUT2D eigenvalue weighted by Gasteiger charge is 2.40. The third kappa shape index (κ3) is 3.68. The lowest BCUT2D eigenvalue weighted by Gasteiger charge is -2.42. The molecule has 4 rings (SSSR count). The standard InChI is InChI=1S/C25H26N2O3/c1-18-17-26(23(28)20-9-4-3-5-10-20)14-15-27(18)24(29)25(2,30)22-13-12-19-8-6-7-11-21(19)16-22/h3-13,16,18,30H,14-15,17H2,1-2H3/t18-,25?/m1/s1. The largest absolute Gasteiger partial charge is 0.376 e. The Morgan fingerprint density at radius 1 is 0.933 bits per heavy atom. The summed E-state index contributed by atoms with van der Waals surface area (Å²) in [5.74, 6) is -0.368. The molecule has 3 aromatic carbocycles. The molecule has 3 aromatic rings. The molecular weight excluding hydrogens is 376 g/mol. The number of hydrogen-bond acceptors (Lipinski definition) is 3. The van der Waals surface area contributed by atoms with Crippen LogP contribution in [0.2, 0.25) is 0 Å². The van der Waals surface area contributed by atoms with Gasteiger partial charge in [-0.15, -0.1) is 0 Å². The van der Waals surface area contributed by atoms with Crippen LogP contribution >= 0.6 is 0 Å². The van der Waals surface area contributed by atoms with Crippen molar-refractivity contribution in [3.05, 3.63) is 83.9 Å². The molecule has 0 bridgehead atoms. The zero-order chi connectivity index (χ0) is 21.3. The van der Waals surface area contributed by atoms with Crippen molar-refractivity contribution in [2.45, 2.75) is 25.5 Å². The number of nitrogens with zero attached hydrogens (tertiary/aromatic N) is 2. The minimum absolute atomic E-state index is 0.0316. The molecule has 1 aliphatic heterocycles. The molecule has 1 heterocycles. The lowest BCUT2D eigenvalue weighted by molar-refractivity contribution is -0.154. The topological polar surface area (TPSA) is 60.9 Å². The summed E-state index contributed by atoms with van der Waals surface area (Å²) < 4.78 is 0. The van der Waals surface area contributed by atoms with E-state index < -0.39 is 5.60 Å². The summed E-state index contributed by atoms with van der Waals surface area (Å²) in [4.78, 5) is 29.5. The average molecular weight is 402 g/mol. The number of amides is 2. The van der Waals surface area contributed by atoms with E-state index in [1.165, 1.54) is 0 Å². The van der Waals surface area contributed by atoms with E-state index in [9.17, 15) is 14.7 Å². The summed E-state index contributed by atoms with van der Waals surface area (Å²) in [6, 6.07) is 22.4. The van der Waals surface area contributed by atoms with Gasteiger partial charge in [0.05, 0.1) is 0 Å². The van der Waals surface area contributed by atoms with Gasteiger partial charge in [0.25, 0.3) is 11.8 Å². The Hall–Kier alpha value is -3.18. The Morgan fingerprint density at radius 2 is 1.60 bits per heavy atom. The minimum Gasteiger partial charge on any atom is -0.376 e. The molecule has 1 saturated heterocycles. The van der Waals surface area contributed by atoms with E-state index in [4.69, 9.17) is 0 Å². The Morgan fingerprint density at radius 3 is 2.30 bits per heavy atom. The molecule has 30 heavy (non-hydrogen) atoms. The van der Waals surface area contributed by atoms with Gasteiger partial charge in [0.2, 0.25) is 0 Å². The smallest absolute Gasteiger partial charge is 0.259 e. The first-order valence-corrected chi connectivity index (χ1v) is 10.2. The molecule has 0 saturated carbocycles. The molecule has 0 radical (unpaired) electrons. The van der Waals surface area contributed by atoms with Crippen molar-refractivity contribution < 1.29 is 14.7 Å². The number of piperazine rings is 1. The third-order valence-electron chi connectivity index (χ3n) is 5.92. The minimum atomic E-state index is -1.64. The number of benzene rings is 3. The zero-order valence-corrected chi connectivity index (χ0v) is 17.3. The highest BCUT2D eigenvalue weighted by molar-refractivity contribution is 5.94. The Bertz CT molecular complexity index is 1080. The second-order valence-corrected chi connectivity index (χ2v) is 8.10. The first kappa shape index (κ1) is 20.1. The van der Waals surface area contributed by atoms with Gasteiger partial charge in [0.15, 0.2) is 5.60 Å². The van der Waals surface area contributed by atoms with Gasteiger partial charge in [-0.05, 0) is 48.4 Å². The Kier molecular flexibility index (Phi) is 5.31. The maximum atomic E-state index is 13.3. The van der Waals surface area contributed by atoms with E-state index in [0.29, 0.717) is 30.8 Å². The first-order chi connectivity index (χ1) is 14.4. The van der Waals surface area contributed by atoms with Crippen LogP contribution in [0.1, 0.15) is 29.8 Å². The van der Waals surface area contributed by atoms with Crippen LogP contribution in [0.4, 0.5) is 0 Å². The lowest BCUT2D eigenvalue weighted by Crippen LogP contribution is -2.59. The van der Waals surface area contributed by atoms with Crippen LogP contribution in [0.25, 0.3) is 10.8 Å². The van der Waals surface area contributed by atoms with Crippen molar-refractivity contribution in [2.24, 2.45) is 0 Å². The van der Waals surface area contributed by atoms with Crippen LogP contribution < -0.4 is 0 Å². The van der Waals surface area contributed by atoms with Gasteiger partial charge in [-0.2, -0.15) is 0 Å². The van der Waals surface area contributed by atoms with Crippen LogP contribution in [0.3, 0.4) is 0 Å². The van der Waals surface area contributed by atoms with Crippen molar-refractivity contribution in [1.29, 1.82) is 0 Å². The normalized spacial score (nSPS) is 18.8. The van der Waals surface area contributed by atoms with E-state index in [1.54, 1.807) is 34.9 Å². The maximum absolute atomic E-state index is 13.3. The molecule has 1 N–H and O–H groups in total. The molecule has 5 nitrogen and oxygen atoms in total. The quantitative estimate of drug-likeness (QED) is 0.730. The Balaban J connectivity index is 1.51. The van der Waals surface area contributed by atoms with Crippen LogP contribution in [-0.4, -0.2) is 52.4 Å². The highest BCUT2D eigenvalue weighted by Crippen LogP contribution is 2.28. The van der Waals surface area contributed by atoms with Gasteiger partial charge >= 0.3 is 0 Å². The van der Waals surface area contributed by atoms with E-state index >= 15 is 0 Å². The molecular formula is C25H26N2O3. The fourth-order valence-corrected chi connectivity index (χ4v) is 4.10. The lowest BCUT2D eigenvalue weighted by atomic mass is 9.91. The summed E-state index contributed by atoms with van der Waals surface area (Å²) >= 11 is 0. The summed E-state index contributed by atoms with van der Waals surface area (Å²) in [7, 11) is 0. The molecule has 154 valence electrons. The Labute approximate surface area is 176 Å². The van der Waals surface area contributed by atoms with Gasteiger partial charge < -0.3 is 14.9 Å². The second kappa shape index (κ2) is 7.92. The summed E-state index contributed by atoms with van der Waals surface area (Å²) in [6.07, 6.45) is 0. The SMILES string of the molecule is C[C@@H]1CN(C(=O)c2ccccc2)CCN1C(=O)C(C)(O)c1ccc2ccccc2c1. The summed E-state index contributed by atoms with van der Waals surface area (Å²) in [5, 5.41) is 13.2. The number of rotatable bonds is 3. The summed E-state index contributed by atoms with van der Waals surface area (Å²) in [6.45, 7) is 4.74. The van der Waals surface area contributed by atoms with Crippen LogP contribution in [0.15, 0.2) is 72.8 Å². The second-order valence-electron chi connectivity index (χ2n) is 8.10. The highest BCUT2D eigenvalue weighted by atomic mass is 16.3. The number of hydrogen-bond donors (Lipinski definition) is 1. The molecule has 1 unspecified atom stereocenters. The van der Waals surface area contributed by atoms with Crippen LogP contribution in [0.5, 0.6) is 0 Å². The number of fused-ring (bicyclic) bond motifs is 1. The fourth-order valence-electron chi connectivity index (χ4n) is 4.10. The van der Waals surface area contributed by atoms with Crippen LogP contribution in [-0.2, 0) is 10.4 Å². The number of carbonyl (C=O) groups is 2. The molecule has 2 atom stereocenters. The predicted molar refractivity (Wildman–Crippen MR) is 117 cm³/mol. The van der Waals surface area contributed by atoms with E-state index in [2.05, 4.69) is 0 Å². The molecule has 1 fully saturated rings. The zero-order valence-electron chi connectivity index (χ0n) is 17.3. The van der Waals surface area contributed by atoms with Gasteiger partial charge in [-0.1, -0.05) is 54.6 Å². The van der Waals surface area contributed by atoms with E-state index in [1.807, 2.05) is 61.5 Å². The molecule has 1 aliphatic rings. The fraction of sp³-hybridized carbons (Fsp3) is 0.280. The average Bonchev–Trinajstić information content (AvgIpc) is 2.78. The monoisotopic (exact) mass is 402 g/mol. The van der Waals surface area contributed by atoms with Gasteiger partial charge in [-0.25, -0.2) is 0 Å². The van der Waals surface area contributed by atoms with Gasteiger partial charge in [0.1, 0.15) is 0 Å². The molecule has 0 aliphatic carbocycles. The summed E-state index contributed by atoms with van der Waals surface area (Å²) in [5.41, 5.74) is -0.419. The van der Waals surface area contributed by atoms with Crippen molar-refractivity contribution >= 4 is 22.6 Å². The van der Waals surface area contributed by atoms with Gasteiger partial charge in [0, 0.05) is 31.2 Å². The first-order valence-electron chi connectivity index (χ1n) is 10.2. The van der Waals surface area contributed by atoms with E-state index in [-0.39, 0.29) is 17.9 Å². The van der Waals surface area contributed by atoms with Crippen molar-refractivity contribution in [3.63, 3.8) is 0 Å². The van der Waals surface area contributed by atoms with Crippen molar-refractivity contribution in [3.8, 4) is 0 Å². The van der Waals surface area contributed by atoms with Gasteiger partial charge in [-0.3, -0.25) is 9.59 Å². The van der Waals surface area contributed by atoms with Crippen molar-refractivity contribution in [2.75, 3.05) is 19.6 Å². The molecule has 5 heteroatoms. The van der Waals surface area contributed by atoms with Crippen molar-refractivity contribution in [1.82, 2.24) is 9.80 Å². The number of carbonyl (C=O) groups excluding carboxylic acids is 2. The third-order valence-corrected chi connectivity index (χ3v) is 5.92. The number of aliphatic hydroxyl groups is 1. The predicted octanol–water partition coefficient (Wildman–Crippen LogP) is 3.42. The van der Waals surface area contributed by atoms with E-state index in [0.717, 1.165) is 10.8 Å². The molecule has 2 amide bonds. The maximum Gasteiger partial charge on any atom is 0.259 e.